The summed E-state index contributed by atoms with van der Waals surface area (Å²) in [5.41, 5.74) is 0.775. The quantitative estimate of drug-likeness (QED) is 0.820. The van der Waals surface area contributed by atoms with Crippen molar-refractivity contribution in [2.24, 2.45) is 0 Å². The number of halogens is 1. The first kappa shape index (κ1) is 15.1. The number of hydrogen-bond acceptors (Lipinski definition) is 2. The maximum Gasteiger partial charge on any atom is 0.279 e. The van der Waals surface area contributed by atoms with Gasteiger partial charge in [-0.1, -0.05) is 26.0 Å². The van der Waals surface area contributed by atoms with E-state index in [-0.39, 0.29) is 12.4 Å². The molecule has 1 aromatic rings. The zero-order valence-electron chi connectivity index (χ0n) is 10.7. The highest BCUT2D eigenvalue weighted by molar-refractivity contribution is 7.87. The zero-order valence-corrected chi connectivity index (χ0v) is 11.5. The largest absolute Gasteiger partial charge is 0.279 e. The highest BCUT2D eigenvalue weighted by Gasteiger charge is 2.17. The summed E-state index contributed by atoms with van der Waals surface area (Å²) in [7, 11) is -3.41. The van der Waals surface area contributed by atoms with Crippen molar-refractivity contribution in [2.45, 2.75) is 20.3 Å². The zero-order chi connectivity index (χ0) is 13.6. The van der Waals surface area contributed by atoms with Gasteiger partial charge in [-0.3, -0.25) is 0 Å². The van der Waals surface area contributed by atoms with Gasteiger partial charge < -0.3 is 0 Å². The smallest absolute Gasteiger partial charge is 0.207 e. The number of nitrogens with zero attached hydrogens (tertiary/aromatic N) is 1. The van der Waals surface area contributed by atoms with E-state index in [1.807, 2.05) is 0 Å². The summed E-state index contributed by atoms with van der Waals surface area (Å²) >= 11 is 0. The van der Waals surface area contributed by atoms with E-state index in [1.54, 1.807) is 26.0 Å². The van der Waals surface area contributed by atoms with E-state index in [2.05, 4.69) is 4.72 Å². The van der Waals surface area contributed by atoms with Crippen molar-refractivity contribution in [1.82, 2.24) is 9.03 Å². The van der Waals surface area contributed by atoms with E-state index in [0.717, 1.165) is 5.56 Å². The van der Waals surface area contributed by atoms with E-state index in [4.69, 9.17) is 0 Å². The Balaban J connectivity index is 2.51. The molecular formula is C12H19FN2O2S. The average Bonchev–Trinajstić information content (AvgIpc) is 2.30. The van der Waals surface area contributed by atoms with Crippen LogP contribution < -0.4 is 4.72 Å². The molecule has 0 unspecified atom stereocenters. The Morgan fingerprint density at radius 3 is 2.50 bits per heavy atom. The van der Waals surface area contributed by atoms with Crippen LogP contribution in [-0.4, -0.2) is 32.4 Å². The van der Waals surface area contributed by atoms with Crippen LogP contribution in [-0.2, 0) is 16.6 Å². The second-order valence-electron chi connectivity index (χ2n) is 3.86. The third-order valence-electron chi connectivity index (χ3n) is 2.63. The molecule has 0 saturated heterocycles. The molecule has 0 radical (unpaired) electrons. The fraction of sp³-hybridized carbons (Fsp3) is 0.500. The molecule has 0 aliphatic carbocycles. The van der Waals surface area contributed by atoms with E-state index in [0.29, 0.717) is 19.5 Å². The molecule has 102 valence electrons. The number of benzene rings is 1. The maximum absolute atomic E-state index is 12.9. The molecule has 0 saturated carbocycles. The molecule has 18 heavy (non-hydrogen) atoms. The first-order valence-electron chi connectivity index (χ1n) is 5.98. The molecule has 0 amide bonds. The van der Waals surface area contributed by atoms with Crippen molar-refractivity contribution in [3.63, 3.8) is 0 Å². The molecule has 0 atom stereocenters. The first-order valence-corrected chi connectivity index (χ1v) is 7.42. The summed E-state index contributed by atoms with van der Waals surface area (Å²) in [4.78, 5) is 0. The predicted octanol–water partition coefficient (Wildman–Crippen LogP) is 1.54. The Morgan fingerprint density at radius 1 is 1.28 bits per heavy atom. The molecule has 0 heterocycles. The summed E-state index contributed by atoms with van der Waals surface area (Å²) in [6.45, 7) is 4.71. The molecular weight excluding hydrogens is 255 g/mol. The van der Waals surface area contributed by atoms with Crippen LogP contribution in [0.5, 0.6) is 0 Å². The molecule has 1 rings (SSSR count). The van der Waals surface area contributed by atoms with Gasteiger partial charge in [0.05, 0.1) is 0 Å². The van der Waals surface area contributed by atoms with Crippen LogP contribution >= 0.6 is 0 Å². The molecule has 4 nitrogen and oxygen atoms in total. The van der Waals surface area contributed by atoms with Crippen molar-refractivity contribution in [2.75, 3.05) is 19.6 Å². The van der Waals surface area contributed by atoms with Gasteiger partial charge in [0.2, 0.25) is 0 Å². The van der Waals surface area contributed by atoms with Gasteiger partial charge in [0.25, 0.3) is 10.2 Å². The Labute approximate surface area is 108 Å². The fourth-order valence-electron chi connectivity index (χ4n) is 1.67. The molecule has 1 N–H and O–H groups in total. The summed E-state index contributed by atoms with van der Waals surface area (Å²) in [6.07, 6.45) is 0.470. The molecule has 0 fully saturated rings. The molecule has 0 bridgehead atoms. The Morgan fingerprint density at radius 2 is 1.94 bits per heavy atom. The van der Waals surface area contributed by atoms with Gasteiger partial charge in [0, 0.05) is 19.6 Å². The second-order valence-corrected chi connectivity index (χ2v) is 5.62. The highest BCUT2D eigenvalue weighted by Crippen LogP contribution is 2.04. The van der Waals surface area contributed by atoms with Gasteiger partial charge in [-0.15, -0.1) is 0 Å². The van der Waals surface area contributed by atoms with E-state index in [1.165, 1.54) is 16.4 Å². The maximum atomic E-state index is 12.9. The van der Waals surface area contributed by atoms with Crippen LogP contribution in [0.4, 0.5) is 4.39 Å². The third kappa shape index (κ3) is 4.36. The van der Waals surface area contributed by atoms with Crippen molar-refractivity contribution < 1.29 is 12.8 Å². The lowest BCUT2D eigenvalue weighted by Gasteiger charge is -2.18. The summed E-state index contributed by atoms with van der Waals surface area (Å²) < 4.78 is 40.4. The van der Waals surface area contributed by atoms with E-state index in [9.17, 15) is 12.8 Å². The summed E-state index contributed by atoms with van der Waals surface area (Å²) in [5.74, 6) is -0.306. The highest BCUT2D eigenvalue weighted by atomic mass is 32.2. The molecule has 0 aliphatic heterocycles. The van der Waals surface area contributed by atoms with Crippen molar-refractivity contribution in [3.05, 3.63) is 35.6 Å². The van der Waals surface area contributed by atoms with Gasteiger partial charge in [0.15, 0.2) is 0 Å². The third-order valence-corrected chi connectivity index (χ3v) is 4.40. The lowest BCUT2D eigenvalue weighted by molar-refractivity contribution is 0.435. The monoisotopic (exact) mass is 274 g/mol. The standard InChI is InChI=1S/C12H19FN2O2S/c1-3-15(4-2)18(16,17)14-9-8-11-6-5-7-12(13)10-11/h5-7,10,14H,3-4,8-9H2,1-2H3. The van der Waals surface area contributed by atoms with Crippen molar-refractivity contribution in [3.8, 4) is 0 Å². The van der Waals surface area contributed by atoms with Gasteiger partial charge >= 0.3 is 0 Å². The minimum absolute atomic E-state index is 0.266. The first-order chi connectivity index (χ1) is 8.49. The van der Waals surface area contributed by atoms with Crippen molar-refractivity contribution in [1.29, 1.82) is 0 Å². The number of rotatable bonds is 7. The lowest BCUT2D eigenvalue weighted by atomic mass is 10.1. The molecule has 0 spiro atoms. The van der Waals surface area contributed by atoms with Crippen LogP contribution in [0.2, 0.25) is 0 Å². The summed E-state index contributed by atoms with van der Waals surface area (Å²) in [5, 5.41) is 0. The Kier molecular flexibility index (Phi) is 5.71. The van der Waals surface area contributed by atoms with Crippen LogP contribution in [0.25, 0.3) is 0 Å². The summed E-state index contributed by atoms with van der Waals surface area (Å²) in [6, 6.07) is 6.16. The predicted molar refractivity (Wildman–Crippen MR) is 69.9 cm³/mol. The molecule has 0 aliphatic rings. The SMILES string of the molecule is CCN(CC)S(=O)(=O)NCCc1cccc(F)c1. The number of hydrogen-bond donors (Lipinski definition) is 1. The average molecular weight is 274 g/mol. The fourth-order valence-corrected chi connectivity index (χ4v) is 2.89. The van der Waals surface area contributed by atoms with Gasteiger partial charge in [-0.2, -0.15) is 12.7 Å². The van der Waals surface area contributed by atoms with E-state index >= 15 is 0 Å². The normalized spacial score (nSPS) is 12.0. The Hall–Kier alpha value is -0.980. The number of nitrogens with one attached hydrogen (secondary N) is 1. The van der Waals surface area contributed by atoms with E-state index < -0.39 is 10.2 Å². The minimum atomic E-state index is -3.41. The van der Waals surface area contributed by atoms with Crippen molar-refractivity contribution >= 4 is 10.2 Å². The molecule has 6 heteroatoms. The van der Waals surface area contributed by atoms with Crippen LogP contribution in [0.3, 0.4) is 0 Å². The molecule has 1 aromatic carbocycles. The van der Waals surface area contributed by atoms with Gasteiger partial charge in [-0.25, -0.2) is 9.11 Å². The van der Waals surface area contributed by atoms with Crippen LogP contribution in [0, 0.1) is 5.82 Å². The second kappa shape index (κ2) is 6.82. The Bertz CT molecular complexity index is 473. The molecule has 0 aromatic heterocycles. The van der Waals surface area contributed by atoms with Gasteiger partial charge in [-0.05, 0) is 24.1 Å². The lowest BCUT2D eigenvalue weighted by Crippen LogP contribution is -2.41. The van der Waals surface area contributed by atoms with Gasteiger partial charge in [0.1, 0.15) is 5.82 Å². The van der Waals surface area contributed by atoms with Crippen LogP contribution in [0.15, 0.2) is 24.3 Å². The van der Waals surface area contributed by atoms with Crippen LogP contribution in [0.1, 0.15) is 19.4 Å². The topological polar surface area (TPSA) is 49.4 Å². The minimum Gasteiger partial charge on any atom is -0.207 e.